The SMILES string of the molecule is Cc1c(F)cccc1NCc1ccc(O)cc1O. The van der Waals surface area contributed by atoms with Gasteiger partial charge in [-0.05, 0) is 31.2 Å². The number of halogens is 1. The van der Waals surface area contributed by atoms with Crippen molar-refractivity contribution >= 4 is 5.69 Å². The van der Waals surface area contributed by atoms with Crippen molar-refractivity contribution < 1.29 is 14.6 Å². The highest BCUT2D eigenvalue weighted by molar-refractivity contribution is 5.52. The number of benzene rings is 2. The van der Waals surface area contributed by atoms with E-state index in [1.807, 2.05) is 0 Å². The number of nitrogens with one attached hydrogen (secondary N) is 1. The summed E-state index contributed by atoms with van der Waals surface area (Å²) in [5.74, 6) is -0.246. The topological polar surface area (TPSA) is 52.5 Å². The van der Waals surface area contributed by atoms with Crippen LogP contribution in [0.2, 0.25) is 0 Å². The van der Waals surface area contributed by atoms with E-state index in [1.165, 1.54) is 18.2 Å². The smallest absolute Gasteiger partial charge is 0.128 e. The van der Waals surface area contributed by atoms with E-state index < -0.39 is 0 Å². The molecule has 0 amide bonds. The van der Waals surface area contributed by atoms with E-state index in [1.54, 1.807) is 25.1 Å². The van der Waals surface area contributed by atoms with Gasteiger partial charge in [-0.3, -0.25) is 0 Å². The second-order valence-electron chi connectivity index (χ2n) is 4.08. The van der Waals surface area contributed by atoms with E-state index in [0.717, 1.165) is 0 Å². The third kappa shape index (κ3) is 2.53. The molecule has 4 heteroatoms. The molecule has 0 aliphatic rings. The van der Waals surface area contributed by atoms with Crippen LogP contribution >= 0.6 is 0 Å². The summed E-state index contributed by atoms with van der Waals surface area (Å²) in [5.41, 5.74) is 1.86. The summed E-state index contributed by atoms with van der Waals surface area (Å²) >= 11 is 0. The molecule has 0 unspecified atom stereocenters. The van der Waals surface area contributed by atoms with Gasteiger partial charge in [0.1, 0.15) is 17.3 Å². The lowest BCUT2D eigenvalue weighted by Crippen LogP contribution is -2.02. The molecule has 0 radical (unpaired) electrons. The Bertz CT molecular complexity index is 570. The number of phenols is 2. The maximum atomic E-state index is 13.3. The van der Waals surface area contributed by atoms with Crippen LogP contribution < -0.4 is 5.32 Å². The molecule has 0 aliphatic carbocycles. The highest BCUT2D eigenvalue weighted by Gasteiger charge is 2.05. The number of hydrogen-bond acceptors (Lipinski definition) is 3. The maximum absolute atomic E-state index is 13.3. The van der Waals surface area contributed by atoms with E-state index in [4.69, 9.17) is 0 Å². The van der Waals surface area contributed by atoms with Gasteiger partial charge in [0.25, 0.3) is 0 Å². The fraction of sp³-hybridized carbons (Fsp3) is 0.143. The molecule has 2 aromatic rings. The van der Waals surface area contributed by atoms with Crippen LogP contribution in [-0.4, -0.2) is 10.2 Å². The van der Waals surface area contributed by atoms with Crippen LogP contribution in [0.1, 0.15) is 11.1 Å². The zero-order valence-electron chi connectivity index (χ0n) is 9.94. The van der Waals surface area contributed by atoms with Gasteiger partial charge in [0, 0.05) is 29.4 Å². The van der Waals surface area contributed by atoms with Gasteiger partial charge < -0.3 is 15.5 Å². The minimum absolute atomic E-state index is 0.0107. The van der Waals surface area contributed by atoms with Crippen LogP contribution in [0.3, 0.4) is 0 Å². The predicted molar refractivity (Wildman–Crippen MR) is 68.2 cm³/mol. The Balaban J connectivity index is 2.14. The first-order valence-electron chi connectivity index (χ1n) is 5.58. The summed E-state index contributed by atoms with van der Waals surface area (Å²) in [6, 6.07) is 9.19. The Morgan fingerprint density at radius 3 is 2.67 bits per heavy atom. The monoisotopic (exact) mass is 247 g/mol. The van der Waals surface area contributed by atoms with Crippen molar-refractivity contribution in [3.05, 3.63) is 53.3 Å². The van der Waals surface area contributed by atoms with Gasteiger partial charge >= 0.3 is 0 Å². The molecule has 0 spiro atoms. The van der Waals surface area contributed by atoms with Gasteiger partial charge in [0.05, 0.1) is 0 Å². The van der Waals surface area contributed by atoms with Crippen molar-refractivity contribution in [1.82, 2.24) is 0 Å². The number of hydrogen-bond donors (Lipinski definition) is 3. The van der Waals surface area contributed by atoms with E-state index >= 15 is 0 Å². The van der Waals surface area contributed by atoms with Gasteiger partial charge in [-0.15, -0.1) is 0 Å². The Kier molecular flexibility index (Phi) is 3.37. The number of phenolic OH excluding ortho intramolecular Hbond substituents is 2. The second kappa shape index (κ2) is 4.96. The molecule has 3 nitrogen and oxygen atoms in total. The summed E-state index contributed by atoms with van der Waals surface area (Å²) < 4.78 is 13.3. The molecule has 3 N–H and O–H groups in total. The Morgan fingerprint density at radius 1 is 1.17 bits per heavy atom. The summed E-state index contributed by atoms with van der Waals surface area (Å²) in [6.45, 7) is 2.05. The molecule has 0 aromatic heterocycles. The summed E-state index contributed by atoms with van der Waals surface area (Å²) in [5, 5.41) is 21.8. The lowest BCUT2D eigenvalue weighted by Gasteiger charge is -2.11. The number of rotatable bonds is 3. The van der Waals surface area contributed by atoms with Crippen LogP contribution in [0.5, 0.6) is 11.5 Å². The molecule has 2 rings (SSSR count). The number of aromatic hydroxyl groups is 2. The summed E-state index contributed by atoms with van der Waals surface area (Å²) in [7, 11) is 0. The molecule has 94 valence electrons. The molecule has 0 aliphatic heterocycles. The predicted octanol–water partition coefficient (Wildman–Crippen LogP) is 3.16. The number of anilines is 1. The minimum atomic E-state index is -0.269. The average Bonchev–Trinajstić information content (AvgIpc) is 2.33. The van der Waals surface area contributed by atoms with E-state index in [2.05, 4.69) is 5.32 Å². The highest BCUT2D eigenvalue weighted by atomic mass is 19.1. The fourth-order valence-corrected chi connectivity index (χ4v) is 1.69. The Hall–Kier alpha value is -2.23. The van der Waals surface area contributed by atoms with Gasteiger partial charge in [-0.2, -0.15) is 0 Å². The molecule has 18 heavy (non-hydrogen) atoms. The first-order chi connectivity index (χ1) is 8.58. The summed E-state index contributed by atoms with van der Waals surface area (Å²) in [4.78, 5) is 0. The quantitative estimate of drug-likeness (QED) is 0.781. The minimum Gasteiger partial charge on any atom is -0.508 e. The Labute approximate surface area is 105 Å². The summed E-state index contributed by atoms with van der Waals surface area (Å²) in [6.07, 6.45) is 0. The van der Waals surface area contributed by atoms with Crippen LogP contribution in [0.25, 0.3) is 0 Å². The fourth-order valence-electron chi connectivity index (χ4n) is 1.69. The zero-order valence-corrected chi connectivity index (χ0v) is 9.94. The normalized spacial score (nSPS) is 10.3. The van der Waals surface area contributed by atoms with Gasteiger partial charge in [-0.25, -0.2) is 4.39 Å². The van der Waals surface area contributed by atoms with Crippen molar-refractivity contribution in [2.75, 3.05) is 5.32 Å². The van der Waals surface area contributed by atoms with E-state index in [-0.39, 0.29) is 17.3 Å². The first-order valence-corrected chi connectivity index (χ1v) is 5.58. The van der Waals surface area contributed by atoms with Crippen molar-refractivity contribution in [1.29, 1.82) is 0 Å². The lowest BCUT2D eigenvalue weighted by molar-refractivity contribution is 0.446. The van der Waals surface area contributed by atoms with Crippen LogP contribution in [-0.2, 0) is 6.54 Å². The maximum Gasteiger partial charge on any atom is 0.128 e. The largest absolute Gasteiger partial charge is 0.508 e. The molecule has 0 bridgehead atoms. The van der Waals surface area contributed by atoms with E-state index in [0.29, 0.717) is 23.4 Å². The molecular weight excluding hydrogens is 233 g/mol. The molecule has 0 saturated carbocycles. The van der Waals surface area contributed by atoms with Gasteiger partial charge in [0.2, 0.25) is 0 Å². The van der Waals surface area contributed by atoms with Crippen molar-refractivity contribution in [2.24, 2.45) is 0 Å². The molecule has 0 fully saturated rings. The Morgan fingerprint density at radius 2 is 1.94 bits per heavy atom. The third-order valence-electron chi connectivity index (χ3n) is 2.81. The zero-order chi connectivity index (χ0) is 13.1. The highest BCUT2D eigenvalue weighted by Crippen LogP contribution is 2.24. The van der Waals surface area contributed by atoms with Crippen LogP contribution in [0.4, 0.5) is 10.1 Å². The molecule has 0 saturated heterocycles. The molecule has 0 atom stereocenters. The van der Waals surface area contributed by atoms with E-state index in [9.17, 15) is 14.6 Å². The van der Waals surface area contributed by atoms with Crippen molar-refractivity contribution in [2.45, 2.75) is 13.5 Å². The lowest BCUT2D eigenvalue weighted by atomic mass is 10.1. The second-order valence-corrected chi connectivity index (χ2v) is 4.08. The van der Waals surface area contributed by atoms with Gasteiger partial charge in [-0.1, -0.05) is 6.07 Å². The standard InChI is InChI=1S/C14H14FNO2/c1-9-12(15)3-2-4-13(9)16-8-10-5-6-11(17)7-14(10)18/h2-7,16-18H,8H2,1H3. The van der Waals surface area contributed by atoms with Crippen molar-refractivity contribution in [3.63, 3.8) is 0 Å². The molecular formula is C14H14FNO2. The average molecular weight is 247 g/mol. The molecule has 2 aromatic carbocycles. The molecule has 0 heterocycles. The van der Waals surface area contributed by atoms with Crippen LogP contribution in [0, 0.1) is 12.7 Å². The third-order valence-corrected chi connectivity index (χ3v) is 2.81. The van der Waals surface area contributed by atoms with Crippen LogP contribution in [0.15, 0.2) is 36.4 Å². The van der Waals surface area contributed by atoms with Crippen molar-refractivity contribution in [3.8, 4) is 11.5 Å². The van der Waals surface area contributed by atoms with Gasteiger partial charge in [0.15, 0.2) is 0 Å². The first kappa shape index (κ1) is 12.2.